The van der Waals surface area contributed by atoms with E-state index in [1.54, 1.807) is 22.7 Å². The fraction of sp³-hybridized carbons (Fsp3) is 0.263. The van der Waals surface area contributed by atoms with Crippen LogP contribution in [0, 0.1) is 13.8 Å². The molecule has 124 valence electrons. The van der Waals surface area contributed by atoms with Crippen LogP contribution in [0.3, 0.4) is 0 Å². The van der Waals surface area contributed by atoms with Crippen molar-refractivity contribution in [1.29, 1.82) is 0 Å². The van der Waals surface area contributed by atoms with Crippen LogP contribution in [0.15, 0.2) is 51.2 Å². The van der Waals surface area contributed by atoms with E-state index in [0.29, 0.717) is 0 Å². The molecule has 2 heterocycles. The number of hydrogen-bond acceptors (Lipinski definition) is 4. The van der Waals surface area contributed by atoms with Gasteiger partial charge in [0.05, 0.1) is 16.8 Å². The number of benzene rings is 1. The Morgan fingerprint density at radius 1 is 1.12 bits per heavy atom. The lowest BCUT2D eigenvalue weighted by atomic mass is 10.1. The highest BCUT2D eigenvalue weighted by molar-refractivity contribution is 7.14. The Morgan fingerprint density at radius 2 is 1.96 bits per heavy atom. The van der Waals surface area contributed by atoms with Crippen LogP contribution in [0.1, 0.15) is 30.5 Å². The van der Waals surface area contributed by atoms with Gasteiger partial charge in [-0.25, -0.2) is 4.68 Å². The van der Waals surface area contributed by atoms with Crippen molar-refractivity contribution in [1.82, 2.24) is 4.68 Å². The summed E-state index contributed by atoms with van der Waals surface area (Å²) in [4.78, 5) is 6.84. The van der Waals surface area contributed by atoms with E-state index < -0.39 is 0 Å². The SMILES string of the molecule is Cc1ccc(C)c(C=Nn2c(-c3cccs3)csc2=NC(C)C)c1. The van der Waals surface area contributed by atoms with Gasteiger partial charge in [-0.1, -0.05) is 29.8 Å². The number of aryl methyl sites for hydroxylation is 2. The highest BCUT2D eigenvalue weighted by atomic mass is 32.1. The predicted octanol–water partition coefficient (Wildman–Crippen LogP) is 5.09. The van der Waals surface area contributed by atoms with Crippen molar-refractivity contribution in [2.24, 2.45) is 10.1 Å². The summed E-state index contributed by atoms with van der Waals surface area (Å²) in [5, 5.41) is 8.98. The molecule has 5 heteroatoms. The van der Waals surface area contributed by atoms with Crippen LogP contribution < -0.4 is 4.80 Å². The van der Waals surface area contributed by atoms with Crippen LogP contribution in [0.5, 0.6) is 0 Å². The molecule has 0 aliphatic heterocycles. The molecule has 2 aromatic heterocycles. The first-order valence-corrected chi connectivity index (χ1v) is 9.70. The molecular weight excluding hydrogens is 334 g/mol. The van der Waals surface area contributed by atoms with Gasteiger partial charge in [0.15, 0.2) is 0 Å². The van der Waals surface area contributed by atoms with Crippen LogP contribution in [-0.2, 0) is 0 Å². The number of thiazole rings is 1. The van der Waals surface area contributed by atoms with E-state index in [0.717, 1.165) is 16.1 Å². The number of rotatable bonds is 4. The maximum absolute atomic E-state index is 4.76. The molecule has 0 bridgehead atoms. The molecule has 3 aromatic rings. The summed E-state index contributed by atoms with van der Waals surface area (Å²) >= 11 is 3.35. The van der Waals surface area contributed by atoms with Gasteiger partial charge >= 0.3 is 0 Å². The first-order valence-electron chi connectivity index (χ1n) is 7.94. The van der Waals surface area contributed by atoms with Gasteiger partial charge in [-0.3, -0.25) is 4.99 Å². The van der Waals surface area contributed by atoms with E-state index >= 15 is 0 Å². The summed E-state index contributed by atoms with van der Waals surface area (Å²) in [5.74, 6) is 0. The molecule has 0 amide bonds. The quantitative estimate of drug-likeness (QED) is 0.584. The molecule has 0 aliphatic rings. The van der Waals surface area contributed by atoms with Crippen LogP contribution in [0.4, 0.5) is 0 Å². The van der Waals surface area contributed by atoms with Crippen LogP contribution in [0.25, 0.3) is 10.6 Å². The van der Waals surface area contributed by atoms with E-state index in [1.165, 1.54) is 16.0 Å². The molecule has 0 unspecified atom stereocenters. The molecule has 0 spiro atoms. The molecular formula is C19H21N3S2. The summed E-state index contributed by atoms with van der Waals surface area (Å²) in [6.45, 7) is 8.39. The number of aromatic nitrogens is 1. The molecule has 0 atom stereocenters. The Morgan fingerprint density at radius 3 is 2.67 bits per heavy atom. The lowest BCUT2D eigenvalue weighted by molar-refractivity contribution is 0.755. The lowest BCUT2D eigenvalue weighted by Gasteiger charge is -2.04. The summed E-state index contributed by atoms with van der Waals surface area (Å²) in [6.07, 6.45) is 1.94. The molecule has 0 radical (unpaired) electrons. The van der Waals surface area contributed by atoms with E-state index in [1.807, 2.05) is 10.9 Å². The summed E-state index contributed by atoms with van der Waals surface area (Å²) < 4.78 is 1.96. The van der Waals surface area contributed by atoms with Crippen molar-refractivity contribution in [3.05, 3.63) is 62.6 Å². The monoisotopic (exact) mass is 355 g/mol. The largest absolute Gasteiger partial charge is 0.255 e. The third kappa shape index (κ3) is 3.74. The maximum Gasteiger partial charge on any atom is 0.206 e. The van der Waals surface area contributed by atoms with Crippen LogP contribution in [-0.4, -0.2) is 16.9 Å². The molecule has 0 saturated heterocycles. The fourth-order valence-electron chi connectivity index (χ4n) is 2.33. The Kier molecular flexibility index (Phi) is 5.11. The average Bonchev–Trinajstić information content (AvgIpc) is 3.17. The molecule has 0 N–H and O–H groups in total. The third-order valence-electron chi connectivity index (χ3n) is 3.57. The standard InChI is InChI=1S/C19H21N3S2/c1-13(2)21-19-22(17(12-24-19)18-6-5-9-23-18)20-11-16-10-14(3)7-8-15(16)4/h5-13H,1-4H3. The maximum atomic E-state index is 4.76. The molecule has 24 heavy (non-hydrogen) atoms. The van der Waals surface area contributed by atoms with E-state index in [-0.39, 0.29) is 6.04 Å². The highest BCUT2D eigenvalue weighted by Gasteiger charge is 2.08. The first-order chi connectivity index (χ1) is 11.5. The van der Waals surface area contributed by atoms with Crippen molar-refractivity contribution in [3.8, 4) is 10.6 Å². The normalized spacial score (nSPS) is 12.6. The van der Waals surface area contributed by atoms with Gasteiger partial charge in [0.25, 0.3) is 0 Å². The Bertz CT molecular complexity index is 912. The number of thiophene rings is 1. The smallest absolute Gasteiger partial charge is 0.206 e. The Labute approximate surface area is 150 Å². The second-order valence-electron chi connectivity index (χ2n) is 6.02. The fourth-order valence-corrected chi connectivity index (χ4v) is 4.10. The minimum atomic E-state index is 0.238. The topological polar surface area (TPSA) is 29.6 Å². The molecule has 3 nitrogen and oxygen atoms in total. The van der Waals surface area contributed by atoms with Gasteiger partial charge < -0.3 is 0 Å². The van der Waals surface area contributed by atoms with Gasteiger partial charge in [0, 0.05) is 11.4 Å². The second kappa shape index (κ2) is 7.28. The van der Waals surface area contributed by atoms with Gasteiger partial charge in [-0.15, -0.1) is 22.7 Å². The third-order valence-corrected chi connectivity index (χ3v) is 5.30. The first kappa shape index (κ1) is 16.9. The van der Waals surface area contributed by atoms with Crippen molar-refractivity contribution < 1.29 is 0 Å². The van der Waals surface area contributed by atoms with Crippen molar-refractivity contribution >= 4 is 28.9 Å². The Hall–Kier alpha value is -1.98. The minimum Gasteiger partial charge on any atom is -0.255 e. The van der Waals surface area contributed by atoms with Crippen molar-refractivity contribution in [2.75, 3.05) is 0 Å². The average molecular weight is 356 g/mol. The zero-order valence-corrected chi connectivity index (χ0v) is 16.0. The van der Waals surface area contributed by atoms with Gasteiger partial charge in [-0.05, 0) is 50.3 Å². The molecule has 3 rings (SSSR count). The second-order valence-corrected chi connectivity index (χ2v) is 7.80. The zero-order valence-electron chi connectivity index (χ0n) is 14.4. The molecule has 1 aromatic carbocycles. The van der Waals surface area contributed by atoms with Crippen LogP contribution >= 0.6 is 22.7 Å². The van der Waals surface area contributed by atoms with Crippen molar-refractivity contribution in [2.45, 2.75) is 33.7 Å². The Balaban J connectivity index is 2.10. The van der Waals surface area contributed by atoms with Gasteiger partial charge in [-0.2, -0.15) is 5.10 Å². The predicted molar refractivity (Wildman–Crippen MR) is 105 cm³/mol. The summed E-state index contributed by atoms with van der Waals surface area (Å²) in [7, 11) is 0. The van der Waals surface area contributed by atoms with E-state index in [9.17, 15) is 0 Å². The van der Waals surface area contributed by atoms with E-state index in [2.05, 4.69) is 68.8 Å². The van der Waals surface area contributed by atoms with E-state index in [4.69, 9.17) is 10.1 Å². The number of hydrogen-bond donors (Lipinski definition) is 0. The summed E-state index contributed by atoms with van der Waals surface area (Å²) in [6, 6.07) is 10.8. The molecule has 0 saturated carbocycles. The zero-order chi connectivity index (χ0) is 17.1. The van der Waals surface area contributed by atoms with Crippen LogP contribution in [0.2, 0.25) is 0 Å². The van der Waals surface area contributed by atoms with Gasteiger partial charge in [0.2, 0.25) is 4.80 Å². The highest BCUT2D eigenvalue weighted by Crippen LogP contribution is 2.25. The minimum absolute atomic E-state index is 0.238. The van der Waals surface area contributed by atoms with Crippen molar-refractivity contribution in [3.63, 3.8) is 0 Å². The molecule has 0 aliphatic carbocycles. The van der Waals surface area contributed by atoms with Gasteiger partial charge in [0.1, 0.15) is 0 Å². The summed E-state index contributed by atoms with van der Waals surface area (Å²) in [5.41, 5.74) is 4.69. The number of nitrogens with zero attached hydrogens (tertiary/aromatic N) is 3. The molecule has 0 fully saturated rings. The lowest BCUT2D eigenvalue weighted by Crippen LogP contribution is -2.14.